The molecule has 0 fully saturated rings. The third-order valence-corrected chi connectivity index (χ3v) is 4.30. The molecule has 0 aliphatic carbocycles. The second-order valence-electron chi connectivity index (χ2n) is 6.26. The van der Waals surface area contributed by atoms with E-state index >= 15 is 0 Å². The fourth-order valence-corrected chi connectivity index (χ4v) is 2.70. The van der Waals surface area contributed by atoms with Crippen molar-refractivity contribution in [3.05, 3.63) is 71.2 Å². The number of carbonyl (C=O) groups is 1. The number of hydrogen-bond acceptors (Lipinski definition) is 5. The fraction of sp³-hybridized carbons (Fsp3) is 0.238. The largest absolute Gasteiger partial charge is 0.366 e. The summed E-state index contributed by atoms with van der Waals surface area (Å²) < 4.78 is 0. The molecule has 27 heavy (non-hydrogen) atoms. The second-order valence-corrected chi connectivity index (χ2v) is 6.26. The van der Waals surface area contributed by atoms with Gasteiger partial charge in [-0.25, -0.2) is 9.97 Å². The third kappa shape index (κ3) is 4.47. The van der Waals surface area contributed by atoms with Crippen molar-refractivity contribution in [2.45, 2.75) is 27.3 Å². The molecule has 2 N–H and O–H groups in total. The zero-order valence-electron chi connectivity index (χ0n) is 15.8. The van der Waals surface area contributed by atoms with E-state index in [2.05, 4.69) is 25.6 Å². The Morgan fingerprint density at radius 2 is 1.96 bits per heavy atom. The molecule has 0 spiro atoms. The highest BCUT2D eigenvalue weighted by molar-refractivity contribution is 5.94. The zero-order valence-corrected chi connectivity index (χ0v) is 15.8. The molecule has 0 saturated heterocycles. The smallest absolute Gasteiger partial charge is 0.251 e. The third-order valence-electron chi connectivity index (χ3n) is 4.30. The molecule has 0 saturated carbocycles. The van der Waals surface area contributed by atoms with E-state index in [0.29, 0.717) is 24.5 Å². The van der Waals surface area contributed by atoms with Crippen LogP contribution in [0.4, 0.5) is 5.82 Å². The predicted octanol–water partition coefficient (Wildman–Crippen LogP) is 3.52. The van der Waals surface area contributed by atoms with E-state index in [4.69, 9.17) is 0 Å². The number of anilines is 1. The van der Waals surface area contributed by atoms with Crippen molar-refractivity contribution in [3.63, 3.8) is 0 Å². The van der Waals surface area contributed by atoms with Crippen LogP contribution in [0.2, 0.25) is 0 Å². The SMILES string of the molecule is CCNC(=O)c1cccc(CNc2nc(-c3cccnc3)nc(C)c2C)c1. The van der Waals surface area contributed by atoms with Crippen LogP contribution in [0.15, 0.2) is 48.8 Å². The Hall–Kier alpha value is -3.28. The monoisotopic (exact) mass is 361 g/mol. The lowest BCUT2D eigenvalue weighted by Crippen LogP contribution is -2.22. The van der Waals surface area contributed by atoms with Crippen LogP contribution in [0.25, 0.3) is 11.4 Å². The van der Waals surface area contributed by atoms with Crippen molar-refractivity contribution in [1.82, 2.24) is 20.3 Å². The predicted molar refractivity (Wildman–Crippen MR) is 107 cm³/mol. The summed E-state index contributed by atoms with van der Waals surface area (Å²) in [5.41, 5.74) is 4.46. The van der Waals surface area contributed by atoms with Crippen LogP contribution in [0.1, 0.15) is 34.1 Å². The van der Waals surface area contributed by atoms with E-state index < -0.39 is 0 Å². The quantitative estimate of drug-likeness (QED) is 0.702. The first-order chi connectivity index (χ1) is 13.1. The lowest BCUT2D eigenvalue weighted by molar-refractivity contribution is 0.0955. The Morgan fingerprint density at radius 1 is 1.11 bits per heavy atom. The first-order valence-electron chi connectivity index (χ1n) is 8.95. The molecule has 2 heterocycles. The van der Waals surface area contributed by atoms with Crippen LogP contribution in [0, 0.1) is 13.8 Å². The summed E-state index contributed by atoms with van der Waals surface area (Å²) >= 11 is 0. The number of rotatable bonds is 6. The van der Waals surface area contributed by atoms with Crippen molar-refractivity contribution in [1.29, 1.82) is 0 Å². The normalized spacial score (nSPS) is 10.5. The molecule has 1 aromatic carbocycles. The molecule has 3 aromatic rings. The van der Waals surface area contributed by atoms with Gasteiger partial charge in [0.25, 0.3) is 5.91 Å². The highest BCUT2D eigenvalue weighted by Crippen LogP contribution is 2.21. The molecule has 138 valence electrons. The topological polar surface area (TPSA) is 79.8 Å². The van der Waals surface area contributed by atoms with Crippen molar-refractivity contribution in [3.8, 4) is 11.4 Å². The highest BCUT2D eigenvalue weighted by atomic mass is 16.1. The Labute approximate surface area is 159 Å². The van der Waals surface area contributed by atoms with Crippen molar-refractivity contribution < 1.29 is 4.79 Å². The van der Waals surface area contributed by atoms with E-state index in [9.17, 15) is 4.79 Å². The number of carbonyl (C=O) groups excluding carboxylic acids is 1. The number of nitrogens with zero attached hydrogens (tertiary/aromatic N) is 3. The number of amides is 1. The van der Waals surface area contributed by atoms with Crippen LogP contribution in [0.5, 0.6) is 0 Å². The van der Waals surface area contributed by atoms with Gasteiger partial charge in [-0.3, -0.25) is 9.78 Å². The number of benzene rings is 1. The first kappa shape index (κ1) is 18.5. The minimum atomic E-state index is -0.0627. The molecule has 1 amide bonds. The number of nitrogens with one attached hydrogen (secondary N) is 2. The van der Waals surface area contributed by atoms with Gasteiger partial charge in [0.1, 0.15) is 5.82 Å². The first-order valence-corrected chi connectivity index (χ1v) is 8.95. The number of pyridine rings is 1. The highest BCUT2D eigenvalue weighted by Gasteiger charge is 2.10. The Kier molecular flexibility index (Phi) is 5.76. The summed E-state index contributed by atoms with van der Waals surface area (Å²) in [7, 11) is 0. The van der Waals surface area contributed by atoms with Gasteiger partial charge in [0.05, 0.1) is 0 Å². The maximum atomic E-state index is 12.0. The van der Waals surface area contributed by atoms with Gasteiger partial charge in [0.15, 0.2) is 5.82 Å². The van der Waals surface area contributed by atoms with Gasteiger partial charge in [-0.2, -0.15) is 0 Å². The lowest BCUT2D eigenvalue weighted by Gasteiger charge is -2.13. The van der Waals surface area contributed by atoms with E-state index in [0.717, 1.165) is 28.2 Å². The number of aryl methyl sites for hydroxylation is 1. The molecule has 0 radical (unpaired) electrons. The Morgan fingerprint density at radius 3 is 2.70 bits per heavy atom. The van der Waals surface area contributed by atoms with Crippen molar-refractivity contribution in [2.75, 3.05) is 11.9 Å². The average molecular weight is 361 g/mol. The summed E-state index contributed by atoms with van der Waals surface area (Å²) in [6.45, 7) is 7.05. The fourth-order valence-electron chi connectivity index (χ4n) is 2.70. The van der Waals surface area contributed by atoms with Gasteiger partial charge >= 0.3 is 0 Å². The molecule has 2 aromatic heterocycles. The molecule has 0 unspecified atom stereocenters. The van der Waals surface area contributed by atoms with Crippen LogP contribution >= 0.6 is 0 Å². The molecular weight excluding hydrogens is 338 g/mol. The average Bonchev–Trinajstić information content (AvgIpc) is 2.70. The standard InChI is InChI=1S/C21H23N5O/c1-4-23-21(27)17-8-5-7-16(11-17)12-24-19-14(2)15(3)25-20(26-19)18-9-6-10-22-13-18/h5-11,13H,4,12H2,1-3H3,(H,23,27)(H,24,25,26). The molecular formula is C21H23N5O. The van der Waals surface area contributed by atoms with Gasteiger partial charge < -0.3 is 10.6 Å². The summed E-state index contributed by atoms with van der Waals surface area (Å²) in [5, 5.41) is 6.19. The Bertz CT molecular complexity index is 941. The molecule has 0 aliphatic heterocycles. The van der Waals surface area contributed by atoms with Crippen LogP contribution < -0.4 is 10.6 Å². The molecule has 0 aliphatic rings. The maximum Gasteiger partial charge on any atom is 0.251 e. The van der Waals surface area contributed by atoms with Gasteiger partial charge in [-0.1, -0.05) is 12.1 Å². The molecule has 6 nitrogen and oxygen atoms in total. The van der Waals surface area contributed by atoms with Crippen LogP contribution in [-0.4, -0.2) is 27.4 Å². The van der Waals surface area contributed by atoms with Gasteiger partial charge in [0.2, 0.25) is 0 Å². The lowest BCUT2D eigenvalue weighted by atomic mass is 10.1. The minimum absolute atomic E-state index is 0.0627. The number of aromatic nitrogens is 3. The van der Waals surface area contributed by atoms with Gasteiger partial charge in [0, 0.05) is 47.9 Å². The molecule has 3 rings (SSSR count). The summed E-state index contributed by atoms with van der Waals surface area (Å²) in [4.78, 5) is 25.4. The minimum Gasteiger partial charge on any atom is -0.366 e. The maximum absolute atomic E-state index is 12.0. The van der Waals surface area contributed by atoms with Gasteiger partial charge in [-0.05, 0) is 50.6 Å². The summed E-state index contributed by atoms with van der Waals surface area (Å²) in [5.74, 6) is 1.36. The molecule has 0 atom stereocenters. The Balaban J connectivity index is 1.81. The number of hydrogen-bond donors (Lipinski definition) is 2. The molecule has 6 heteroatoms. The van der Waals surface area contributed by atoms with E-state index in [-0.39, 0.29) is 5.91 Å². The van der Waals surface area contributed by atoms with E-state index in [1.165, 1.54) is 0 Å². The molecule has 0 bridgehead atoms. The zero-order chi connectivity index (χ0) is 19.2. The summed E-state index contributed by atoms with van der Waals surface area (Å²) in [6.07, 6.45) is 3.48. The second kappa shape index (κ2) is 8.40. The van der Waals surface area contributed by atoms with Gasteiger partial charge in [-0.15, -0.1) is 0 Å². The van der Waals surface area contributed by atoms with E-state index in [1.54, 1.807) is 12.4 Å². The van der Waals surface area contributed by atoms with Crippen molar-refractivity contribution in [2.24, 2.45) is 0 Å². The van der Waals surface area contributed by atoms with Crippen molar-refractivity contribution >= 4 is 11.7 Å². The van der Waals surface area contributed by atoms with Crippen LogP contribution in [-0.2, 0) is 6.54 Å². The van der Waals surface area contributed by atoms with Crippen LogP contribution in [0.3, 0.4) is 0 Å². The summed E-state index contributed by atoms with van der Waals surface area (Å²) in [6, 6.07) is 11.4. The van der Waals surface area contributed by atoms with E-state index in [1.807, 2.05) is 57.2 Å².